The molecule has 5 heteroatoms. The monoisotopic (exact) mass is 278 g/mol. The van der Waals surface area contributed by atoms with Crippen molar-refractivity contribution < 1.29 is 14.3 Å². The van der Waals surface area contributed by atoms with Crippen LogP contribution >= 0.6 is 0 Å². The summed E-state index contributed by atoms with van der Waals surface area (Å²) in [6.45, 7) is 3.18. The van der Waals surface area contributed by atoms with Crippen LogP contribution in [0.1, 0.15) is 18.9 Å². The fourth-order valence-corrected chi connectivity index (χ4v) is 2.25. The van der Waals surface area contributed by atoms with Crippen LogP contribution in [-0.2, 0) is 16.0 Å². The molecule has 1 heterocycles. The van der Waals surface area contributed by atoms with Gasteiger partial charge < -0.3 is 20.1 Å². The molecule has 5 nitrogen and oxygen atoms in total. The van der Waals surface area contributed by atoms with E-state index in [2.05, 4.69) is 23.6 Å². The zero-order chi connectivity index (χ0) is 14.4. The molecule has 0 saturated carbocycles. The molecular weight excluding hydrogens is 256 g/mol. The van der Waals surface area contributed by atoms with Gasteiger partial charge in [-0.15, -0.1) is 0 Å². The molecule has 1 aliphatic heterocycles. The second-order valence-corrected chi connectivity index (χ2v) is 5.01. The molecule has 20 heavy (non-hydrogen) atoms. The van der Waals surface area contributed by atoms with E-state index >= 15 is 0 Å². The van der Waals surface area contributed by atoms with Crippen molar-refractivity contribution in [2.75, 3.05) is 32.2 Å². The third kappa shape index (κ3) is 3.87. The van der Waals surface area contributed by atoms with E-state index in [0.717, 1.165) is 24.3 Å². The Morgan fingerprint density at radius 3 is 3.15 bits per heavy atom. The van der Waals surface area contributed by atoms with Crippen LogP contribution in [-0.4, -0.2) is 38.8 Å². The number of amides is 1. The first-order valence-electron chi connectivity index (χ1n) is 6.97. The van der Waals surface area contributed by atoms with Gasteiger partial charge in [-0.05, 0) is 31.4 Å². The second kappa shape index (κ2) is 7.14. The number of nitrogens with one attached hydrogen (secondary N) is 2. The fraction of sp³-hybridized carbons (Fsp3) is 0.533. The van der Waals surface area contributed by atoms with Gasteiger partial charge in [0.1, 0.15) is 5.75 Å². The van der Waals surface area contributed by atoms with Gasteiger partial charge in [-0.1, -0.05) is 12.1 Å². The van der Waals surface area contributed by atoms with E-state index in [9.17, 15) is 4.79 Å². The highest BCUT2D eigenvalue weighted by atomic mass is 16.5. The summed E-state index contributed by atoms with van der Waals surface area (Å²) in [7, 11) is 1.60. The Labute approximate surface area is 119 Å². The molecule has 1 aromatic carbocycles. The quantitative estimate of drug-likeness (QED) is 0.776. The lowest BCUT2D eigenvalue weighted by molar-refractivity contribution is -0.123. The molecule has 0 spiro atoms. The van der Waals surface area contributed by atoms with Gasteiger partial charge in [0.05, 0.1) is 12.3 Å². The smallest absolute Gasteiger partial charge is 0.258 e. The Balaban J connectivity index is 1.91. The Bertz CT molecular complexity index is 462. The Morgan fingerprint density at radius 1 is 1.50 bits per heavy atom. The third-order valence-corrected chi connectivity index (χ3v) is 3.34. The molecular formula is C15H22N2O3. The van der Waals surface area contributed by atoms with Crippen molar-refractivity contribution >= 4 is 11.6 Å². The molecule has 0 fully saturated rings. The summed E-state index contributed by atoms with van der Waals surface area (Å²) >= 11 is 0. The highest BCUT2D eigenvalue weighted by Crippen LogP contribution is 2.33. The first kappa shape index (κ1) is 14.7. The molecule has 0 saturated heterocycles. The summed E-state index contributed by atoms with van der Waals surface area (Å²) in [5.41, 5.74) is 2.27. The number of para-hydroxylation sites is 1. The number of hydrogen-bond acceptors (Lipinski definition) is 4. The normalized spacial score (nSPS) is 17.0. The molecule has 110 valence electrons. The van der Waals surface area contributed by atoms with E-state index in [4.69, 9.17) is 9.47 Å². The van der Waals surface area contributed by atoms with E-state index in [1.165, 1.54) is 5.56 Å². The first-order valence-corrected chi connectivity index (χ1v) is 6.97. The number of rotatable bonds is 6. The third-order valence-electron chi connectivity index (χ3n) is 3.34. The molecule has 1 atom stereocenters. The highest BCUT2D eigenvalue weighted by molar-refractivity contribution is 5.78. The van der Waals surface area contributed by atoms with E-state index in [1.807, 2.05) is 12.1 Å². The summed E-state index contributed by atoms with van der Waals surface area (Å²) in [5.74, 6) is 0.611. The molecule has 0 aliphatic carbocycles. The van der Waals surface area contributed by atoms with Crippen molar-refractivity contribution in [3.63, 3.8) is 0 Å². The molecule has 2 N–H and O–H groups in total. The lowest BCUT2D eigenvalue weighted by atomic mass is 9.98. The van der Waals surface area contributed by atoms with Crippen LogP contribution in [0.3, 0.4) is 0 Å². The van der Waals surface area contributed by atoms with Crippen molar-refractivity contribution in [3.05, 3.63) is 23.8 Å². The average molecular weight is 278 g/mol. The van der Waals surface area contributed by atoms with Crippen molar-refractivity contribution in [1.82, 2.24) is 5.32 Å². The van der Waals surface area contributed by atoms with Gasteiger partial charge in [-0.25, -0.2) is 0 Å². The Hall–Kier alpha value is -1.75. The van der Waals surface area contributed by atoms with Crippen LogP contribution in [0.25, 0.3) is 0 Å². The number of anilines is 1. The highest BCUT2D eigenvalue weighted by Gasteiger charge is 2.18. The molecule has 1 aliphatic rings. The van der Waals surface area contributed by atoms with Crippen LogP contribution in [0.5, 0.6) is 5.75 Å². The summed E-state index contributed by atoms with van der Waals surface area (Å²) in [6, 6.07) is 6.39. The molecule has 1 unspecified atom stereocenters. The summed E-state index contributed by atoms with van der Waals surface area (Å²) < 4.78 is 10.5. The number of ether oxygens (including phenoxy) is 2. The standard InChI is InChI=1S/C15H22N2O3/c1-11-6-7-12-4-3-5-13(15(12)17-11)20-10-14(18)16-8-9-19-2/h3-5,11,17H,6-10H2,1-2H3,(H,16,18). The minimum absolute atomic E-state index is 0.0240. The molecule has 0 radical (unpaired) electrons. The predicted octanol–water partition coefficient (Wildman–Crippen LogP) is 1.57. The Morgan fingerprint density at radius 2 is 2.35 bits per heavy atom. The van der Waals surface area contributed by atoms with E-state index in [-0.39, 0.29) is 12.5 Å². The zero-order valence-corrected chi connectivity index (χ0v) is 12.1. The topological polar surface area (TPSA) is 59.6 Å². The number of methoxy groups -OCH3 is 1. The number of aryl methyl sites for hydroxylation is 1. The van der Waals surface area contributed by atoms with E-state index < -0.39 is 0 Å². The minimum Gasteiger partial charge on any atom is -0.482 e. The number of benzene rings is 1. The molecule has 0 bridgehead atoms. The second-order valence-electron chi connectivity index (χ2n) is 5.01. The lowest BCUT2D eigenvalue weighted by Crippen LogP contribution is -2.31. The maximum Gasteiger partial charge on any atom is 0.258 e. The SMILES string of the molecule is COCCNC(=O)COc1cccc2c1NC(C)CC2. The van der Waals surface area contributed by atoms with Gasteiger partial charge in [0, 0.05) is 19.7 Å². The summed E-state index contributed by atoms with van der Waals surface area (Å²) in [4.78, 5) is 11.6. The lowest BCUT2D eigenvalue weighted by Gasteiger charge is -2.26. The number of hydrogen-bond donors (Lipinski definition) is 2. The summed E-state index contributed by atoms with van der Waals surface area (Å²) in [6.07, 6.45) is 2.16. The van der Waals surface area contributed by atoms with Gasteiger partial charge >= 0.3 is 0 Å². The van der Waals surface area contributed by atoms with Crippen LogP contribution in [0, 0.1) is 0 Å². The van der Waals surface area contributed by atoms with Crippen molar-refractivity contribution in [3.8, 4) is 5.75 Å². The van der Waals surface area contributed by atoms with Crippen LogP contribution in [0.4, 0.5) is 5.69 Å². The van der Waals surface area contributed by atoms with Crippen molar-refractivity contribution in [1.29, 1.82) is 0 Å². The minimum atomic E-state index is -0.136. The van der Waals surface area contributed by atoms with Gasteiger partial charge in [0.15, 0.2) is 6.61 Å². The van der Waals surface area contributed by atoms with Crippen LogP contribution < -0.4 is 15.4 Å². The van der Waals surface area contributed by atoms with Crippen LogP contribution in [0.15, 0.2) is 18.2 Å². The van der Waals surface area contributed by atoms with Gasteiger partial charge in [-0.3, -0.25) is 4.79 Å². The summed E-state index contributed by atoms with van der Waals surface area (Å²) in [5, 5.41) is 6.16. The predicted molar refractivity (Wildman–Crippen MR) is 78.2 cm³/mol. The fourth-order valence-electron chi connectivity index (χ4n) is 2.25. The molecule has 1 amide bonds. The number of carbonyl (C=O) groups excluding carboxylic acids is 1. The molecule has 1 aromatic rings. The Kier molecular flexibility index (Phi) is 5.24. The van der Waals surface area contributed by atoms with Crippen LogP contribution in [0.2, 0.25) is 0 Å². The maximum atomic E-state index is 11.6. The molecule has 0 aromatic heterocycles. The van der Waals surface area contributed by atoms with E-state index in [1.54, 1.807) is 7.11 Å². The van der Waals surface area contributed by atoms with Crippen molar-refractivity contribution in [2.24, 2.45) is 0 Å². The van der Waals surface area contributed by atoms with Gasteiger partial charge in [0.25, 0.3) is 5.91 Å². The largest absolute Gasteiger partial charge is 0.482 e. The number of carbonyl (C=O) groups is 1. The molecule has 2 rings (SSSR count). The maximum absolute atomic E-state index is 11.6. The van der Waals surface area contributed by atoms with Crippen molar-refractivity contribution in [2.45, 2.75) is 25.8 Å². The van der Waals surface area contributed by atoms with E-state index in [0.29, 0.717) is 19.2 Å². The van der Waals surface area contributed by atoms with Gasteiger partial charge in [0.2, 0.25) is 0 Å². The first-order chi connectivity index (χ1) is 9.70. The number of fused-ring (bicyclic) bond motifs is 1. The average Bonchev–Trinajstić information content (AvgIpc) is 2.45. The van der Waals surface area contributed by atoms with Gasteiger partial charge in [-0.2, -0.15) is 0 Å². The zero-order valence-electron chi connectivity index (χ0n) is 12.1.